The third kappa shape index (κ3) is 2.52. The molecule has 0 heterocycles. The van der Waals surface area contributed by atoms with Crippen LogP contribution in [-0.4, -0.2) is 6.21 Å². The van der Waals surface area contributed by atoms with Crippen LogP contribution in [0.25, 0.3) is 22.3 Å². The molecule has 3 aromatic rings. The van der Waals surface area contributed by atoms with Crippen LogP contribution in [0.3, 0.4) is 0 Å². The highest BCUT2D eigenvalue weighted by Gasteiger charge is 2.00. The maximum Gasteiger partial charge on any atom is 0.0250 e. The monoisotopic (exact) mass is 257 g/mol. The summed E-state index contributed by atoms with van der Waals surface area (Å²) in [5.74, 6) is 0. The van der Waals surface area contributed by atoms with E-state index in [-0.39, 0.29) is 0 Å². The molecule has 1 N–H and O–H groups in total. The Balaban J connectivity index is 1.91. The lowest BCUT2D eigenvalue weighted by atomic mass is 10.00. The molecule has 0 aliphatic heterocycles. The summed E-state index contributed by atoms with van der Waals surface area (Å²) in [5, 5.41) is 7.22. The first-order chi connectivity index (χ1) is 9.86. The number of benzene rings is 3. The van der Waals surface area contributed by atoms with Crippen LogP contribution in [0.4, 0.5) is 0 Å². The van der Waals surface area contributed by atoms with E-state index in [0.717, 1.165) is 5.56 Å². The van der Waals surface area contributed by atoms with Crippen LogP contribution >= 0.6 is 0 Å². The maximum absolute atomic E-state index is 7.22. The summed E-state index contributed by atoms with van der Waals surface area (Å²) in [7, 11) is 0. The Bertz CT molecular complexity index is 695. The van der Waals surface area contributed by atoms with E-state index in [0.29, 0.717) is 0 Å². The highest BCUT2D eigenvalue weighted by molar-refractivity contribution is 5.79. The Morgan fingerprint density at radius 2 is 0.900 bits per heavy atom. The van der Waals surface area contributed by atoms with Crippen molar-refractivity contribution in [3.63, 3.8) is 0 Å². The lowest BCUT2D eigenvalue weighted by Crippen LogP contribution is -1.82. The van der Waals surface area contributed by atoms with E-state index in [4.69, 9.17) is 5.41 Å². The van der Waals surface area contributed by atoms with E-state index < -0.39 is 0 Å². The van der Waals surface area contributed by atoms with Gasteiger partial charge >= 0.3 is 0 Å². The zero-order chi connectivity index (χ0) is 13.8. The Morgan fingerprint density at radius 1 is 0.500 bits per heavy atom. The molecule has 0 aliphatic carbocycles. The maximum atomic E-state index is 7.22. The van der Waals surface area contributed by atoms with Crippen molar-refractivity contribution in [2.75, 3.05) is 0 Å². The fraction of sp³-hybridized carbons (Fsp3) is 0. The van der Waals surface area contributed by atoms with Crippen molar-refractivity contribution in [3.05, 3.63) is 84.4 Å². The summed E-state index contributed by atoms with van der Waals surface area (Å²) in [5.41, 5.74) is 5.76. The third-order valence-electron chi connectivity index (χ3n) is 3.40. The second-order valence-electron chi connectivity index (χ2n) is 4.71. The third-order valence-corrected chi connectivity index (χ3v) is 3.40. The highest BCUT2D eigenvalue weighted by atomic mass is 14.3. The fourth-order valence-corrected chi connectivity index (χ4v) is 2.26. The quantitative estimate of drug-likeness (QED) is 0.637. The van der Waals surface area contributed by atoms with E-state index in [1.54, 1.807) is 0 Å². The molecule has 0 fully saturated rings. The highest BCUT2D eigenvalue weighted by Crippen LogP contribution is 2.24. The normalized spacial score (nSPS) is 10.2. The molecule has 96 valence electrons. The van der Waals surface area contributed by atoms with Crippen molar-refractivity contribution in [1.82, 2.24) is 0 Å². The zero-order valence-electron chi connectivity index (χ0n) is 11.1. The molecule has 3 aromatic carbocycles. The minimum absolute atomic E-state index is 0.926. The van der Waals surface area contributed by atoms with E-state index in [2.05, 4.69) is 60.7 Å². The van der Waals surface area contributed by atoms with Crippen molar-refractivity contribution in [2.24, 2.45) is 0 Å². The van der Waals surface area contributed by atoms with Crippen LogP contribution in [0, 0.1) is 5.41 Å². The van der Waals surface area contributed by atoms with Crippen LogP contribution in [0.5, 0.6) is 0 Å². The molecule has 0 radical (unpaired) electrons. The molecule has 0 aromatic heterocycles. The molecule has 1 nitrogen and oxygen atoms in total. The zero-order valence-corrected chi connectivity index (χ0v) is 11.1. The Morgan fingerprint density at radius 3 is 1.35 bits per heavy atom. The number of nitrogens with one attached hydrogen (secondary N) is 1. The van der Waals surface area contributed by atoms with Gasteiger partial charge in [0.25, 0.3) is 0 Å². The van der Waals surface area contributed by atoms with Gasteiger partial charge < -0.3 is 5.41 Å². The number of hydrogen-bond acceptors (Lipinski definition) is 1. The van der Waals surface area contributed by atoms with Gasteiger partial charge in [0.1, 0.15) is 0 Å². The average molecular weight is 257 g/mol. The van der Waals surface area contributed by atoms with Crippen molar-refractivity contribution in [1.29, 1.82) is 5.41 Å². The van der Waals surface area contributed by atoms with Gasteiger partial charge in [0, 0.05) is 6.21 Å². The second-order valence-corrected chi connectivity index (χ2v) is 4.71. The van der Waals surface area contributed by atoms with E-state index in [9.17, 15) is 0 Å². The van der Waals surface area contributed by atoms with Crippen LogP contribution in [-0.2, 0) is 0 Å². The van der Waals surface area contributed by atoms with Gasteiger partial charge in [-0.2, -0.15) is 0 Å². The van der Waals surface area contributed by atoms with Gasteiger partial charge in [0.05, 0.1) is 0 Å². The molecule has 0 saturated heterocycles. The van der Waals surface area contributed by atoms with Gasteiger partial charge in [-0.3, -0.25) is 0 Å². The van der Waals surface area contributed by atoms with Gasteiger partial charge in [0.15, 0.2) is 0 Å². The number of hydrogen-bond donors (Lipinski definition) is 1. The summed E-state index contributed by atoms with van der Waals surface area (Å²) in [6.45, 7) is 0. The predicted octanol–water partition coefficient (Wildman–Crippen LogP) is 5.02. The van der Waals surface area contributed by atoms with Gasteiger partial charge in [-0.05, 0) is 27.8 Å². The molecular weight excluding hydrogens is 242 g/mol. The lowest BCUT2D eigenvalue weighted by molar-refractivity contribution is 1.53. The SMILES string of the molecule is N=Cc1ccc(-c2ccc(-c3ccccc3)cc2)cc1. The minimum Gasteiger partial charge on any atom is -0.308 e. The van der Waals surface area contributed by atoms with Gasteiger partial charge in [-0.15, -0.1) is 0 Å². The minimum atomic E-state index is 0.926. The molecular formula is C19H15N. The van der Waals surface area contributed by atoms with E-state index in [1.807, 2.05) is 18.2 Å². The standard InChI is InChI=1S/C19H15N/c20-14-15-6-8-17(9-7-15)19-12-10-18(11-13-19)16-4-2-1-3-5-16/h1-14,20H. The Hall–Kier alpha value is -2.67. The summed E-state index contributed by atoms with van der Waals surface area (Å²) >= 11 is 0. The fourth-order valence-electron chi connectivity index (χ4n) is 2.26. The van der Waals surface area contributed by atoms with Crippen LogP contribution in [0.2, 0.25) is 0 Å². The van der Waals surface area contributed by atoms with Crippen LogP contribution in [0.1, 0.15) is 5.56 Å². The molecule has 0 amide bonds. The molecule has 0 saturated carbocycles. The summed E-state index contributed by atoms with van der Waals surface area (Å²) < 4.78 is 0. The van der Waals surface area contributed by atoms with Gasteiger partial charge in [-0.1, -0.05) is 78.9 Å². The Labute approximate surface area is 119 Å². The molecule has 0 spiro atoms. The molecule has 20 heavy (non-hydrogen) atoms. The molecule has 0 bridgehead atoms. The summed E-state index contributed by atoms with van der Waals surface area (Å²) in [6, 6.07) is 27.0. The first-order valence-electron chi connectivity index (χ1n) is 6.63. The van der Waals surface area contributed by atoms with Crippen LogP contribution in [0.15, 0.2) is 78.9 Å². The molecule has 3 rings (SSSR count). The average Bonchev–Trinajstić information content (AvgIpc) is 2.56. The summed E-state index contributed by atoms with van der Waals surface area (Å²) in [6.07, 6.45) is 1.36. The van der Waals surface area contributed by atoms with Crippen molar-refractivity contribution < 1.29 is 0 Å². The second kappa shape index (κ2) is 5.54. The predicted molar refractivity (Wildman–Crippen MR) is 85.2 cm³/mol. The largest absolute Gasteiger partial charge is 0.308 e. The lowest BCUT2D eigenvalue weighted by Gasteiger charge is -2.05. The topological polar surface area (TPSA) is 23.9 Å². The van der Waals surface area contributed by atoms with E-state index in [1.165, 1.54) is 28.5 Å². The van der Waals surface area contributed by atoms with Crippen molar-refractivity contribution in [2.45, 2.75) is 0 Å². The Kier molecular flexibility index (Phi) is 3.42. The van der Waals surface area contributed by atoms with E-state index >= 15 is 0 Å². The molecule has 0 aliphatic rings. The van der Waals surface area contributed by atoms with Gasteiger partial charge in [0.2, 0.25) is 0 Å². The molecule has 0 atom stereocenters. The first-order valence-corrected chi connectivity index (χ1v) is 6.63. The molecule has 0 unspecified atom stereocenters. The summed E-state index contributed by atoms with van der Waals surface area (Å²) in [4.78, 5) is 0. The van der Waals surface area contributed by atoms with Crippen molar-refractivity contribution in [3.8, 4) is 22.3 Å². The van der Waals surface area contributed by atoms with Gasteiger partial charge in [-0.25, -0.2) is 0 Å². The van der Waals surface area contributed by atoms with Crippen molar-refractivity contribution >= 4 is 6.21 Å². The molecule has 1 heteroatoms. The first kappa shape index (κ1) is 12.4. The van der Waals surface area contributed by atoms with Crippen LogP contribution < -0.4 is 0 Å². The smallest absolute Gasteiger partial charge is 0.0250 e. The number of rotatable bonds is 3.